The zero-order valence-electron chi connectivity index (χ0n) is 8.06. The van der Waals surface area contributed by atoms with Crippen LogP contribution < -0.4 is 5.32 Å². The molecule has 3 heteroatoms. The highest BCUT2D eigenvalue weighted by Crippen LogP contribution is 1.97. The third kappa shape index (κ3) is 9.43. The van der Waals surface area contributed by atoms with Crippen LogP contribution in [0.5, 0.6) is 0 Å². The van der Waals surface area contributed by atoms with Gasteiger partial charge in [0, 0.05) is 6.92 Å². The molecule has 11 heavy (non-hydrogen) atoms. The van der Waals surface area contributed by atoms with Crippen molar-refractivity contribution in [2.45, 2.75) is 40.2 Å². The minimum atomic E-state index is -0.480. The van der Waals surface area contributed by atoms with E-state index in [1.165, 1.54) is 6.92 Å². The van der Waals surface area contributed by atoms with Crippen LogP contribution in [0.2, 0.25) is 0 Å². The summed E-state index contributed by atoms with van der Waals surface area (Å²) in [7, 11) is 0. The number of amides is 1. The number of hydrogen-bond donors (Lipinski definition) is 2. The summed E-state index contributed by atoms with van der Waals surface area (Å²) in [4.78, 5) is 10.4. The average Bonchev–Trinajstić information content (AvgIpc) is 1.90. The number of aliphatic hydroxyl groups excluding tert-OH is 1. The van der Waals surface area contributed by atoms with Crippen LogP contribution in [0.3, 0.4) is 0 Å². The molecule has 0 aromatic rings. The van der Waals surface area contributed by atoms with E-state index >= 15 is 0 Å². The van der Waals surface area contributed by atoms with E-state index < -0.39 is 5.54 Å². The number of carbonyl (C=O) groups excluding carboxylic acids is 1. The van der Waals surface area contributed by atoms with Crippen molar-refractivity contribution in [3.63, 3.8) is 0 Å². The van der Waals surface area contributed by atoms with Crippen LogP contribution in [0, 0.1) is 0 Å². The standard InChI is InChI=1S/C6H13NO2.C2H6/c1-5(9)7-6(2,3)4-8;1-2/h8H,4H2,1-3H3,(H,7,9);1-2H3. The molecule has 0 aromatic heterocycles. The summed E-state index contributed by atoms with van der Waals surface area (Å²) >= 11 is 0. The predicted octanol–water partition coefficient (Wildman–Crippen LogP) is 0.920. The van der Waals surface area contributed by atoms with Gasteiger partial charge in [-0.25, -0.2) is 0 Å². The molecule has 0 heterocycles. The molecule has 0 atom stereocenters. The third-order valence-corrected chi connectivity index (χ3v) is 0.910. The molecule has 0 bridgehead atoms. The average molecular weight is 161 g/mol. The molecule has 0 aromatic carbocycles. The Labute approximate surface area is 68.8 Å². The lowest BCUT2D eigenvalue weighted by Crippen LogP contribution is -2.45. The first-order valence-corrected chi connectivity index (χ1v) is 3.87. The highest BCUT2D eigenvalue weighted by Gasteiger charge is 2.15. The summed E-state index contributed by atoms with van der Waals surface area (Å²) in [6.45, 7) is 8.91. The van der Waals surface area contributed by atoms with Crippen LogP contribution in [0.25, 0.3) is 0 Å². The molecule has 0 saturated carbocycles. The van der Waals surface area contributed by atoms with Gasteiger partial charge in [0.15, 0.2) is 0 Å². The van der Waals surface area contributed by atoms with E-state index in [0.717, 1.165) is 0 Å². The number of rotatable bonds is 2. The molecule has 1 amide bonds. The van der Waals surface area contributed by atoms with E-state index in [-0.39, 0.29) is 12.5 Å². The summed E-state index contributed by atoms with van der Waals surface area (Å²) < 4.78 is 0. The fraction of sp³-hybridized carbons (Fsp3) is 0.875. The van der Waals surface area contributed by atoms with Gasteiger partial charge in [-0.15, -0.1) is 0 Å². The third-order valence-electron chi connectivity index (χ3n) is 0.910. The summed E-state index contributed by atoms with van der Waals surface area (Å²) in [6, 6.07) is 0. The second-order valence-electron chi connectivity index (χ2n) is 2.72. The summed E-state index contributed by atoms with van der Waals surface area (Å²) in [6.07, 6.45) is 0. The van der Waals surface area contributed by atoms with E-state index in [2.05, 4.69) is 5.32 Å². The van der Waals surface area contributed by atoms with Gasteiger partial charge in [0.2, 0.25) is 5.91 Å². The molecular weight excluding hydrogens is 142 g/mol. The summed E-state index contributed by atoms with van der Waals surface area (Å²) in [5.74, 6) is -0.117. The van der Waals surface area contributed by atoms with E-state index in [1.807, 2.05) is 13.8 Å². The maximum atomic E-state index is 10.4. The van der Waals surface area contributed by atoms with Crippen LogP contribution in [-0.4, -0.2) is 23.2 Å². The maximum Gasteiger partial charge on any atom is 0.217 e. The highest BCUT2D eigenvalue weighted by atomic mass is 16.3. The van der Waals surface area contributed by atoms with Crippen molar-refractivity contribution in [1.29, 1.82) is 0 Å². The van der Waals surface area contributed by atoms with Crippen molar-refractivity contribution in [1.82, 2.24) is 5.32 Å². The lowest BCUT2D eigenvalue weighted by Gasteiger charge is -2.21. The van der Waals surface area contributed by atoms with Crippen molar-refractivity contribution in [3.05, 3.63) is 0 Å². The van der Waals surface area contributed by atoms with Crippen LogP contribution >= 0.6 is 0 Å². The molecule has 0 fully saturated rings. The Morgan fingerprint density at radius 3 is 1.91 bits per heavy atom. The van der Waals surface area contributed by atoms with Gasteiger partial charge in [0.05, 0.1) is 12.1 Å². The Kier molecular flexibility index (Phi) is 7.31. The van der Waals surface area contributed by atoms with Crippen LogP contribution in [0.1, 0.15) is 34.6 Å². The van der Waals surface area contributed by atoms with Gasteiger partial charge in [0.1, 0.15) is 0 Å². The molecule has 0 unspecified atom stereocenters. The van der Waals surface area contributed by atoms with Crippen LogP contribution in [-0.2, 0) is 4.79 Å². The minimum Gasteiger partial charge on any atom is -0.394 e. The van der Waals surface area contributed by atoms with E-state index in [9.17, 15) is 4.79 Å². The molecule has 0 aliphatic heterocycles. The van der Waals surface area contributed by atoms with Gasteiger partial charge in [0.25, 0.3) is 0 Å². The SMILES string of the molecule is CC.CC(=O)NC(C)(C)CO. The molecule has 0 aliphatic carbocycles. The Balaban J connectivity index is 0. The quantitative estimate of drug-likeness (QED) is 0.632. The molecule has 0 rings (SSSR count). The Morgan fingerprint density at radius 1 is 1.45 bits per heavy atom. The first-order chi connectivity index (χ1) is 4.98. The topological polar surface area (TPSA) is 49.3 Å². The smallest absolute Gasteiger partial charge is 0.217 e. The van der Waals surface area contributed by atoms with Gasteiger partial charge < -0.3 is 10.4 Å². The zero-order chi connectivity index (χ0) is 9.49. The monoisotopic (exact) mass is 161 g/mol. The highest BCUT2D eigenvalue weighted by molar-refractivity contribution is 5.73. The lowest BCUT2D eigenvalue weighted by molar-refractivity contribution is -0.121. The molecular formula is C8H19NO2. The fourth-order valence-electron chi connectivity index (χ4n) is 0.516. The molecule has 3 nitrogen and oxygen atoms in total. The van der Waals surface area contributed by atoms with E-state index in [1.54, 1.807) is 13.8 Å². The summed E-state index contributed by atoms with van der Waals surface area (Å²) in [5.41, 5.74) is -0.480. The number of nitrogens with one attached hydrogen (secondary N) is 1. The second kappa shape index (κ2) is 6.16. The van der Waals surface area contributed by atoms with Gasteiger partial charge in [-0.3, -0.25) is 4.79 Å². The Morgan fingerprint density at radius 2 is 1.82 bits per heavy atom. The number of hydrogen-bond acceptors (Lipinski definition) is 2. The second-order valence-corrected chi connectivity index (χ2v) is 2.72. The molecule has 0 saturated heterocycles. The van der Waals surface area contributed by atoms with Gasteiger partial charge in [-0.1, -0.05) is 13.8 Å². The molecule has 0 aliphatic rings. The first-order valence-electron chi connectivity index (χ1n) is 3.87. The van der Waals surface area contributed by atoms with Crippen LogP contribution in [0.15, 0.2) is 0 Å². The minimum absolute atomic E-state index is 0.0351. The molecule has 2 N–H and O–H groups in total. The number of carbonyl (C=O) groups is 1. The van der Waals surface area contributed by atoms with Crippen molar-refractivity contribution >= 4 is 5.91 Å². The van der Waals surface area contributed by atoms with E-state index in [4.69, 9.17) is 5.11 Å². The Bertz CT molecular complexity index is 111. The van der Waals surface area contributed by atoms with E-state index in [0.29, 0.717) is 0 Å². The fourth-order valence-corrected chi connectivity index (χ4v) is 0.516. The normalized spacial score (nSPS) is 9.64. The first kappa shape index (κ1) is 13.1. The molecule has 0 spiro atoms. The Hall–Kier alpha value is -0.570. The molecule has 0 radical (unpaired) electrons. The van der Waals surface area contributed by atoms with Crippen molar-refractivity contribution in [2.75, 3.05) is 6.61 Å². The van der Waals surface area contributed by atoms with Gasteiger partial charge >= 0.3 is 0 Å². The van der Waals surface area contributed by atoms with Crippen molar-refractivity contribution < 1.29 is 9.90 Å². The zero-order valence-corrected chi connectivity index (χ0v) is 8.06. The van der Waals surface area contributed by atoms with Crippen molar-refractivity contribution in [2.24, 2.45) is 0 Å². The number of aliphatic hydroxyl groups is 1. The summed E-state index contributed by atoms with van der Waals surface area (Å²) in [5, 5.41) is 11.2. The predicted molar refractivity (Wildman–Crippen MR) is 46.3 cm³/mol. The van der Waals surface area contributed by atoms with Crippen molar-refractivity contribution in [3.8, 4) is 0 Å². The molecule has 68 valence electrons. The van der Waals surface area contributed by atoms with Gasteiger partial charge in [-0.05, 0) is 13.8 Å². The lowest BCUT2D eigenvalue weighted by atomic mass is 10.1. The largest absolute Gasteiger partial charge is 0.394 e. The van der Waals surface area contributed by atoms with Crippen LogP contribution in [0.4, 0.5) is 0 Å². The maximum absolute atomic E-state index is 10.4. The van der Waals surface area contributed by atoms with Gasteiger partial charge in [-0.2, -0.15) is 0 Å².